The molecule has 1 amide bonds. The lowest BCUT2D eigenvalue weighted by Crippen LogP contribution is -2.28. The molecule has 0 saturated carbocycles. The summed E-state index contributed by atoms with van der Waals surface area (Å²) >= 11 is 0. The number of sulfonamides is 1. The molecule has 1 aliphatic rings. The molecule has 10 heteroatoms. The first-order valence-corrected chi connectivity index (χ1v) is 11.1. The van der Waals surface area contributed by atoms with Crippen LogP contribution in [0.15, 0.2) is 58.5 Å². The average molecular weight is 449 g/mol. The van der Waals surface area contributed by atoms with Gasteiger partial charge >= 0.3 is 0 Å². The normalized spacial score (nSPS) is 12.4. The summed E-state index contributed by atoms with van der Waals surface area (Å²) in [7, 11) is -3.94. The molecular formula is C22H19N5O4S. The van der Waals surface area contributed by atoms with Crippen molar-refractivity contribution in [3.05, 3.63) is 71.0 Å². The van der Waals surface area contributed by atoms with Gasteiger partial charge in [0, 0.05) is 25.1 Å². The summed E-state index contributed by atoms with van der Waals surface area (Å²) in [5.41, 5.74) is 9.98. The van der Waals surface area contributed by atoms with Gasteiger partial charge in [-0.2, -0.15) is 0 Å². The molecule has 0 atom stereocenters. The van der Waals surface area contributed by atoms with Gasteiger partial charge in [0.15, 0.2) is 11.6 Å². The van der Waals surface area contributed by atoms with Crippen molar-refractivity contribution in [2.45, 2.75) is 24.8 Å². The summed E-state index contributed by atoms with van der Waals surface area (Å²) in [4.78, 5) is 36.6. The molecule has 2 aromatic carbocycles. The number of hydrogen-bond donors (Lipinski definition) is 2. The maximum Gasteiger partial charge on any atom is 0.264 e. The molecule has 3 aromatic rings. The molecule has 0 spiro atoms. The van der Waals surface area contributed by atoms with Crippen LogP contribution in [0.1, 0.15) is 34.1 Å². The molecule has 0 aliphatic carbocycles. The predicted octanol–water partition coefficient (Wildman–Crippen LogP) is 1.91. The average Bonchev–Trinajstić information content (AvgIpc) is 3.21. The lowest BCUT2D eigenvalue weighted by Gasteiger charge is -2.09. The van der Waals surface area contributed by atoms with Gasteiger partial charge in [-0.05, 0) is 34.9 Å². The van der Waals surface area contributed by atoms with Gasteiger partial charge in [-0.1, -0.05) is 24.3 Å². The molecule has 162 valence electrons. The third-order valence-electron chi connectivity index (χ3n) is 4.87. The third kappa shape index (κ3) is 4.40. The van der Waals surface area contributed by atoms with Crippen LogP contribution in [-0.4, -0.2) is 36.3 Å². The number of nitrogen functional groups attached to an aromatic ring is 1. The number of nitrogens with zero attached hydrogens (tertiary/aromatic N) is 3. The smallest absolute Gasteiger partial charge is 0.264 e. The van der Waals surface area contributed by atoms with E-state index in [2.05, 4.69) is 15.0 Å². The van der Waals surface area contributed by atoms with Crippen molar-refractivity contribution in [3.63, 3.8) is 0 Å². The first-order chi connectivity index (χ1) is 15.2. The minimum Gasteiger partial charge on any atom is -0.382 e. The SMILES string of the molecule is CC(=O)NS(=O)(=O)c1ccc(CC(=O)c2nc(-c3ccc4c(c3)CN=C4)cnc2N)cc1. The van der Waals surface area contributed by atoms with E-state index < -0.39 is 15.9 Å². The molecule has 1 aromatic heterocycles. The van der Waals surface area contributed by atoms with Gasteiger partial charge in [-0.3, -0.25) is 14.6 Å². The number of rotatable bonds is 6. The maximum absolute atomic E-state index is 12.9. The van der Waals surface area contributed by atoms with Crippen molar-refractivity contribution in [1.82, 2.24) is 14.7 Å². The summed E-state index contributed by atoms with van der Waals surface area (Å²) in [6.07, 6.45) is 3.29. The van der Waals surface area contributed by atoms with Gasteiger partial charge in [0.25, 0.3) is 10.0 Å². The number of fused-ring (bicyclic) bond motifs is 1. The molecule has 0 fully saturated rings. The van der Waals surface area contributed by atoms with Crippen LogP contribution >= 0.6 is 0 Å². The highest BCUT2D eigenvalue weighted by Gasteiger charge is 2.18. The van der Waals surface area contributed by atoms with Crippen molar-refractivity contribution < 1.29 is 18.0 Å². The minimum atomic E-state index is -3.94. The summed E-state index contributed by atoms with van der Waals surface area (Å²) in [6, 6.07) is 11.4. The highest BCUT2D eigenvalue weighted by molar-refractivity contribution is 7.90. The van der Waals surface area contributed by atoms with Gasteiger partial charge in [-0.15, -0.1) is 0 Å². The fraction of sp³-hybridized carbons (Fsp3) is 0.136. The minimum absolute atomic E-state index is 0.0214. The fourth-order valence-corrected chi connectivity index (χ4v) is 4.31. The fourth-order valence-electron chi connectivity index (χ4n) is 3.32. The van der Waals surface area contributed by atoms with E-state index in [1.54, 1.807) is 0 Å². The van der Waals surface area contributed by atoms with Crippen LogP contribution in [0.25, 0.3) is 11.3 Å². The number of carbonyl (C=O) groups is 2. The molecule has 4 rings (SSSR count). The van der Waals surface area contributed by atoms with Crippen molar-refractivity contribution >= 4 is 33.7 Å². The first kappa shape index (κ1) is 21.3. The number of nitrogens with one attached hydrogen (secondary N) is 1. The third-order valence-corrected chi connectivity index (χ3v) is 6.32. The van der Waals surface area contributed by atoms with Crippen LogP contribution in [0.4, 0.5) is 5.82 Å². The van der Waals surface area contributed by atoms with E-state index in [9.17, 15) is 18.0 Å². The number of benzene rings is 2. The monoisotopic (exact) mass is 449 g/mol. The summed E-state index contributed by atoms with van der Waals surface area (Å²) in [6.45, 7) is 1.71. The van der Waals surface area contributed by atoms with Crippen LogP contribution in [0.2, 0.25) is 0 Å². The van der Waals surface area contributed by atoms with E-state index in [1.807, 2.05) is 29.1 Å². The molecule has 32 heavy (non-hydrogen) atoms. The number of amides is 1. The van der Waals surface area contributed by atoms with Crippen LogP contribution in [0.5, 0.6) is 0 Å². The zero-order valence-electron chi connectivity index (χ0n) is 17.1. The largest absolute Gasteiger partial charge is 0.382 e. The summed E-state index contributed by atoms with van der Waals surface area (Å²) < 4.78 is 26.0. The van der Waals surface area contributed by atoms with E-state index in [1.165, 1.54) is 30.5 Å². The zero-order chi connectivity index (χ0) is 22.9. The Balaban J connectivity index is 1.55. The number of aliphatic imine (C=N–C) groups is 1. The predicted molar refractivity (Wildman–Crippen MR) is 119 cm³/mol. The van der Waals surface area contributed by atoms with E-state index in [0.29, 0.717) is 17.8 Å². The Morgan fingerprint density at radius 2 is 1.88 bits per heavy atom. The number of carbonyl (C=O) groups excluding carboxylic acids is 2. The second-order valence-corrected chi connectivity index (χ2v) is 8.96. The molecule has 0 unspecified atom stereocenters. The Hall–Kier alpha value is -3.92. The number of Topliss-reactive ketones (excluding diaryl/α,β-unsaturated/α-hetero) is 1. The van der Waals surface area contributed by atoms with Crippen molar-refractivity contribution in [2.75, 3.05) is 5.73 Å². The zero-order valence-corrected chi connectivity index (χ0v) is 17.9. The first-order valence-electron chi connectivity index (χ1n) is 9.64. The number of anilines is 1. The lowest BCUT2D eigenvalue weighted by atomic mass is 10.0. The molecular weight excluding hydrogens is 430 g/mol. The molecule has 3 N–H and O–H groups in total. The van der Waals surface area contributed by atoms with Crippen LogP contribution in [0.3, 0.4) is 0 Å². The van der Waals surface area contributed by atoms with Gasteiger partial charge in [-0.25, -0.2) is 23.1 Å². The van der Waals surface area contributed by atoms with Crippen LogP contribution in [0, 0.1) is 0 Å². The Kier molecular flexibility index (Phi) is 5.54. The van der Waals surface area contributed by atoms with E-state index in [4.69, 9.17) is 5.73 Å². The highest BCUT2D eigenvalue weighted by atomic mass is 32.2. The Labute approximate surface area is 184 Å². The number of aromatic nitrogens is 2. The van der Waals surface area contributed by atoms with Gasteiger partial charge in [0.2, 0.25) is 5.91 Å². The standard InChI is InChI=1S/C22H19N5O4S/c1-13(28)27-32(30,31)18-6-2-14(3-7-18)8-20(29)21-22(23)25-12-19(26-21)15-4-5-16-10-24-11-17(16)9-15/h2-7,9-10,12H,8,11H2,1H3,(H2,23,25)(H,27,28). The van der Waals surface area contributed by atoms with E-state index in [0.717, 1.165) is 23.6 Å². The second-order valence-electron chi connectivity index (χ2n) is 7.28. The number of ketones is 1. The topological polar surface area (TPSA) is 144 Å². The van der Waals surface area contributed by atoms with Crippen molar-refractivity contribution in [3.8, 4) is 11.3 Å². The number of hydrogen-bond acceptors (Lipinski definition) is 8. The summed E-state index contributed by atoms with van der Waals surface area (Å²) in [5.74, 6) is -1.01. The number of nitrogens with two attached hydrogens (primary N) is 1. The van der Waals surface area contributed by atoms with E-state index in [-0.39, 0.29) is 28.6 Å². The molecule has 0 saturated heterocycles. The molecule has 9 nitrogen and oxygen atoms in total. The van der Waals surface area contributed by atoms with Gasteiger partial charge < -0.3 is 5.73 Å². The molecule has 0 radical (unpaired) electrons. The second kappa shape index (κ2) is 8.31. The Bertz CT molecular complexity index is 1370. The van der Waals surface area contributed by atoms with Crippen LogP contribution in [-0.2, 0) is 27.8 Å². The Morgan fingerprint density at radius 1 is 1.12 bits per heavy atom. The molecule has 1 aliphatic heterocycles. The molecule has 2 heterocycles. The van der Waals surface area contributed by atoms with E-state index >= 15 is 0 Å². The highest BCUT2D eigenvalue weighted by Crippen LogP contribution is 2.24. The Morgan fingerprint density at radius 3 is 2.59 bits per heavy atom. The van der Waals surface area contributed by atoms with Gasteiger partial charge in [0.05, 0.1) is 23.3 Å². The van der Waals surface area contributed by atoms with Gasteiger partial charge in [0.1, 0.15) is 5.69 Å². The lowest BCUT2D eigenvalue weighted by molar-refractivity contribution is -0.117. The summed E-state index contributed by atoms with van der Waals surface area (Å²) in [5, 5.41) is 0. The maximum atomic E-state index is 12.9. The quantitative estimate of drug-likeness (QED) is 0.547. The van der Waals surface area contributed by atoms with Crippen LogP contribution < -0.4 is 10.5 Å². The molecule has 0 bridgehead atoms. The van der Waals surface area contributed by atoms with Crippen molar-refractivity contribution in [2.24, 2.45) is 4.99 Å². The van der Waals surface area contributed by atoms with Crippen molar-refractivity contribution in [1.29, 1.82) is 0 Å².